The molecule has 124 valence electrons. The fourth-order valence-corrected chi connectivity index (χ4v) is 3.90. The van der Waals surface area contributed by atoms with Crippen molar-refractivity contribution in [2.24, 2.45) is 0 Å². The number of carbonyl (C=O) groups excluding carboxylic acids is 1. The van der Waals surface area contributed by atoms with Gasteiger partial charge in [-0.3, -0.25) is 4.79 Å². The molecule has 1 N–H and O–H groups in total. The predicted molar refractivity (Wildman–Crippen MR) is 95.3 cm³/mol. The molecule has 1 fully saturated rings. The maximum absolute atomic E-state index is 12.8. The zero-order valence-corrected chi connectivity index (χ0v) is 14.7. The Balaban J connectivity index is 1.71. The Morgan fingerprint density at radius 1 is 1.29 bits per heavy atom. The van der Waals surface area contributed by atoms with Crippen LogP contribution >= 0.6 is 11.3 Å². The van der Waals surface area contributed by atoms with Gasteiger partial charge in [-0.05, 0) is 56.4 Å². The minimum absolute atomic E-state index is 0.000891. The Kier molecular flexibility index (Phi) is 3.84. The third kappa shape index (κ3) is 2.60. The Morgan fingerprint density at radius 3 is 2.92 bits per heavy atom. The van der Waals surface area contributed by atoms with Gasteiger partial charge in [0, 0.05) is 11.9 Å². The topological polar surface area (TPSA) is 61.9 Å². The van der Waals surface area contributed by atoms with Crippen LogP contribution in [0.2, 0.25) is 0 Å². The van der Waals surface area contributed by atoms with Gasteiger partial charge < -0.3 is 9.88 Å². The lowest BCUT2D eigenvalue weighted by molar-refractivity contribution is 0.0596. The van der Waals surface area contributed by atoms with E-state index in [4.69, 9.17) is 4.98 Å². The summed E-state index contributed by atoms with van der Waals surface area (Å²) in [6.07, 6.45) is 3.08. The largest absolute Gasteiger partial charge is 0.340 e. The number of carbonyl (C=O) groups is 1. The normalized spacial score (nSPS) is 18.2. The third-order valence-electron chi connectivity index (χ3n) is 4.85. The number of aryl methyl sites for hydroxylation is 2. The van der Waals surface area contributed by atoms with Gasteiger partial charge in [0.1, 0.15) is 11.5 Å². The Morgan fingerprint density at radius 2 is 2.12 bits per heavy atom. The van der Waals surface area contributed by atoms with Crippen molar-refractivity contribution >= 4 is 28.3 Å². The maximum atomic E-state index is 12.8. The molecule has 0 saturated carbocycles. The molecule has 1 aliphatic rings. The summed E-state index contributed by atoms with van der Waals surface area (Å²) in [4.78, 5) is 27.1. The number of aromatic nitrogens is 3. The molecule has 3 heterocycles. The first-order valence-electron chi connectivity index (χ1n) is 8.29. The number of piperidine rings is 1. The lowest BCUT2D eigenvalue weighted by atomic mass is 10.0. The van der Waals surface area contributed by atoms with Crippen molar-refractivity contribution < 1.29 is 4.79 Å². The monoisotopic (exact) mass is 340 g/mol. The van der Waals surface area contributed by atoms with Crippen molar-refractivity contribution in [1.82, 2.24) is 19.9 Å². The van der Waals surface area contributed by atoms with Crippen molar-refractivity contribution in [1.29, 1.82) is 0 Å². The van der Waals surface area contributed by atoms with Crippen molar-refractivity contribution in [3.05, 3.63) is 45.7 Å². The van der Waals surface area contributed by atoms with Crippen LogP contribution in [0.1, 0.15) is 52.7 Å². The van der Waals surface area contributed by atoms with Crippen molar-refractivity contribution in [2.45, 2.75) is 39.2 Å². The predicted octanol–water partition coefficient (Wildman–Crippen LogP) is 4.00. The molecule has 3 aromatic rings. The number of nitrogens with zero attached hydrogens (tertiary/aromatic N) is 3. The molecular weight excluding hydrogens is 320 g/mol. The zero-order valence-electron chi connectivity index (χ0n) is 13.9. The number of aromatic amines is 1. The number of likely N-dealkylation sites (tertiary alicyclic amines) is 1. The van der Waals surface area contributed by atoms with Gasteiger partial charge >= 0.3 is 0 Å². The highest BCUT2D eigenvalue weighted by molar-refractivity contribution is 7.07. The van der Waals surface area contributed by atoms with E-state index < -0.39 is 0 Å². The molecule has 0 bridgehead atoms. The number of thiazole rings is 1. The molecular formula is C18H20N4OS. The van der Waals surface area contributed by atoms with Crippen molar-refractivity contribution in [3.63, 3.8) is 0 Å². The number of imidazole rings is 1. The highest BCUT2D eigenvalue weighted by Gasteiger charge is 2.31. The first kappa shape index (κ1) is 15.3. The third-order valence-corrected chi connectivity index (χ3v) is 5.43. The SMILES string of the molecule is Cc1cc2nc([C@H]3CCCCN3C(=O)c3cscn3)[nH]c2cc1C. The summed E-state index contributed by atoms with van der Waals surface area (Å²) in [5, 5.41) is 1.82. The van der Waals surface area contributed by atoms with Gasteiger partial charge in [-0.15, -0.1) is 11.3 Å². The molecule has 4 rings (SSSR count). The smallest absolute Gasteiger partial charge is 0.273 e. The summed E-state index contributed by atoms with van der Waals surface area (Å²) in [6.45, 7) is 4.96. The van der Waals surface area contributed by atoms with Gasteiger partial charge in [0.05, 0.1) is 22.6 Å². The minimum atomic E-state index is 0.000891. The number of hydrogen-bond acceptors (Lipinski definition) is 4. The van der Waals surface area contributed by atoms with Crippen LogP contribution in [0.15, 0.2) is 23.0 Å². The number of fused-ring (bicyclic) bond motifs is 1. The Labute approximate surface area is 144 Å². The van der Waals surface area contributed by atoms with E-state index in [0.29, 0.717) is 5.69 Å². The Bertz CT molecular complexity index is 845. The van der Waals surface area contributed by atoms with Crippen LogP contribution in [-0.4, -0.2) is 32.3 Å². The summed E-state index contributed by atoms with van der Waals surface area (Å²) in [5.74, 6) is 0.895. The van der Waals surface area contributed by atoms with Crippen LogP contribution in [0, 0.1) is 13.8 Å². The fourth-order valence-electron chi connectivity index (χ4n) is 3.37. The number of hydrogen-bond donors (Lipinski definition) is 1. The minimum Gasteiger partial charge on any atom is -0.340 e. The molecule has 0 spiro atoms. The molecule has 0 unspecified atom stereocenters. The standard InChI is InChI=1S/C18H20N4OS/c1-11-7-13-14(8-12(11)2)21-17(20-13)16-5-3-4-6-22(16)18(23)15-9-24-10-19-15/h7-10,16H,3-6H2,1-2H3,(H,20,21)/t16-/m1/s1. The maximum Gasteiger partial charge on any atom is 0.273 e. The van der Waals surface area contributed by atoms with E-state index in [1.165, 1.54) is 22.5 Å². The Hall–Kier alpha value is -2.21. The van der Waals surface area contributed by atoms with E-state index in [2.05, 4.69) is 35.9 Å². The first-order valence-corrected chi connectivity index (χ1v) is 9.24. The van der Waals surface area contributed by atoms with E-state index in [-0.39, 0.29) is 11.9 Å². The summed E-state index contributed by atoms with van der Waals surface area (Å²) in [6, 6.07) is 4.25. The quantitative estimate of drug-likeness (QED) is 0.767. The molecule has 24 heavy (non-hydrogen) atoms. The molecule has 1 aromatic carbocycles. The van der Waals surface area contributed by atoms with Crippen LogP contribution in [0.25, 0.3) is 11.0 Å². The highest BCUT2D eigenvalue weighted by atomic mass is 32.1. The summed E-state index contributed by atoms with van der Waals surface area (Å²) < 4.78 is 0. The molecule has 1 saturated heterocycles. The van der Waals surface area contributed by atoms with E-state index in [1.54, 1.807) is 5.51 Å². The lowest BCUT2D eigenvalue weighted by Crippen LogP contribution is -2.39. The van der Waals surface area contributed by atoms with E-state index >= 15 is 0 Å². The highest BCUT2D eigenvalue weighted by Crippen LogP contribution is 2.32. The first-order chi connectivity index (χ1) is 11.6. The number of nitrogens with one attached hydrogen (secondary N) is 1. The second-order valence-electron chi connectivity index (χ2n) is 6.46. The van der Waals surface area contributed by atoms with Crippen LogP contribution < -0.4 is 0 Å². The number of benzene rings is 1. The number of amides is 1. The van der Waals surface area contributed by atoms with Gasteiger partial charge in [-0.2, -0.15) is 0 Å². The van der Waals surface area contributed by atoms with Crippen molar-refractivity contribution in [3.8, 4) is 0 Å². The second kappa shape index (κ2) is 6.02. The summed E-state index contributed by atoms with van der Waals surface area (Å²) >= 11 is 1.45. The van der Waals surface area contributed by atoms with E-state index in [0.717, 1.165) is 42.7 Å². The molecule has 0 aliphatic carbocycles. The van der Waals surface area contributed by atoms with Gasteiger partial charge in [-0.25, -0.2) is 9.97 Å². The average molecular weight is 340 g/mol. The molecule has 1 amide bonds. The average Bonchev–Trinajstić information content (AvgIpc) is 3.24. The van der Waals surface area contributed by atoms with Gasteiger partial charge in [0.2, 0.25) is 0 Å². The molecule has 1 atom stereocenters. The van der Waals surface area contributed by atoms with Gasteiger partial charge in [0.15, 0.2) is 0 Å². The molecule has 1 aliphatic heterocycles. The van der Waals surface area contributed by atoms with Gasteiger partial charge in [-0.1, -0.05) is 0 Å². The number of H-pyrrole nitrogens is 1. The summed E-state index contributed by atoms with van der Waals surface area (Å²) in [5.41, 5.74) is 6.74. The fraction of sp³-hybridized carbons (Fsp3) is 0.389. The molecule has 6 heteroatoms. The van der Waals surface area contributed by atoms with Crippen LogP contribution in [0.5, 0.6) is 0 Å². The molecule has 5 nitrogen and oxygen atoms in total. The van der Waals surface area contributed by atoms with E-state index in [1.807, 2.05) is 10.3 Å². The van der Waals surface area contributed by atoms with Crippen LogP contribution in [-0.2, 0) is 0 Å². The van der Waals surface area contributed by atoms with E-state index in [9.17, 15) is 4.79 Å². The lowest BCUT2D eigenvalue weighted by Gasteiger charge is -2.34. The van der Waals surface area contributed by atoms with Crippen molar-refractivity contribution in [2.75, 3.05) is 6.54 Å². The molecule has 2 aromatic heterocycles. The van der Waals surface area contributed by atoms with Gasteiger partial charge in [0.25, 0.3) is 5.91 Å². The van der Waals surface area contributed by atoms with Crippen LogP contribution in [0.4, 0.5) is 0 Å². The molecule has 0 radical (unpaired) electrons. The second-order valence-corrected chi connectivity index (χ2v) is 7.18. The number of rotatable bonds is 2. The zero-order chi connectivity index (χ0) is 16.7. The summed E-state index contributed by atoms with van der Waals surface area (Å²) in [7, 11) is 0. The van der Waals surface area contributed by atoms with Crippen LogP contribution in [0.3, 0.4) is 0 Å².